The van der Waals surface area contributed by atoms with E-state index in [0.717, 1.165) is 0 Å². The first-order valence-corrected chi connectivity index (χ1v) is 5.95. The fraction of sp³-hybridized carbons (Fsp3) is 0.462. The molecule has 1 unspecified atom stereocenters. The van der Waals surface area contributed by atoms with E-state index in [0.29, 0.717) is 17.7 Å². The molecule has 0 saturated carbocycles. The molecule has 0 radical (unpaired) electrons. The van der Waals surface area contributed by atoms with Crippen molar-refractivity contribution in [3.63, 3.8) is 0 Å². The maximum atomic E-state index is 13.9. The van der Waals surface area contributed by atoms with Crippen molar-refractivity contribution in [3.8, 4) is 0 Å². The standard InChI is InChI=1S/C13H19FN2O3/c1-8-5-9(15)6-11(12(8)14)13(18)16-10(3-4-17)7-19-2/h5-6,10,17H,3-4,7,15H2,1-2H3,(H,16,18). The van der Waals surface area contributed by atoms with Crippen molar-refractivity contribution in [2.24, 2.45) is 0 Å². The van der Waals surface area contributed by atoms with E-state index in [1.54, 1.807) is 6.92 Å². The van der Waals surface area contributed by atoms with E-state index in [1.807, 2.05) is 0 Å². The van der Waals surface area contributed by atoms with Gasteiger partial charge in [0.15, 0.2) is 0 Å². The first-order valence-electron chi connectivity index (χ1n) is 5.95. The molecule has 0 fully saturated rings. The number of nitrogens with one attached hydrogen (secondary N) is 1. The molecule has 0 spiro atoms. The molecule has 0 aliphatic rings. The number of ether oxygens (including phenoxy) is 1. The molecule has 4 N–H and O–H groups in total. The van der Waals surface area contributed by atoms with Crippen LogP contribution in [-0.2, 0) is 4.74 Å². The third kappa shape index (κ3) is 4.18. The van der Waals surface area contributed by atoms with Gasteiger partial charge in [-0.15, -0.1) is 0 Å². The van der Waals surface area contributed by atoms with Crippen LogP contribution in [0.3, 0.4) is 0 Å². The average molecular weight is 270 g/mol. The Balaban J connectivity index is 2.87. The molecule has 0 aliphatic heterocycles. The van der Waals surface area contributed by atoms with Crippen LogP contribution in [0.15, 0.2) is 12.1 Å². The Labute approximate surface area is 111 Å². The molecule has 0 aliphatic carbocycles. The number of halogens is 1. The summed E-state index contributed by atoms with van der Waals surface area (Å²) in [6, 6.07) is 2.39. The number of hydrogen-bond donors (Lipinski definition) is 3. The van der Waals surface area contributed by atoms with Crippen LogP contribution in [0.4, 0.5) is 10.1 Å². The number of rotatable bonds is 6. The van der Waals surface area contributed by atoms with E-state index < -0.39 is 11.7 Å². The van der Waals surface area contributed by atoms with Gasteiger partial charge in [-0.1, -0.05) is 0 Å². The van der Waals surface area contributed by atoms with Crippen molar-refractivity contribution < 1.29 is 19.0 Å². The first kappa shape index (κ1) is 15.4. The molecule has 1 atom stereocenters. The molecule has 6 heteroatoms. The number of carbonyl (C=O) groups excluding carboxylic acids is 1. The summed E-state index contributed by atoms with van der Waals surface area (Å²) >= 11 is 0. The number of aryl methyl sites for hydroxylation is 1. The maximum Gasteiger partial charge on any atom is 0.254 e. The zero-order valence-electron chi connectivity index (χ0n) is 11.1. The van der Waals surface area contributed by atoms with Crippen LogP contribution in [0, 0.1) is 12.7 Å². The highest BCUT2D eigenvalue weighted by Gasteiger charge is 2.18. The predicted molar refractivity (Wildman–Crippen MR) is 70.4 cm³/mol. The van der Waals surface area contributed by atoms with Crippen molar-refractivity contribution in [1.29, 1.82) is 0 Å². The number of aliphatic hydroxyl groups is 1. The number of aliphatic hydroxyl groups excluding tert-OH is 1. The van der Waals surface area contributed by atoms with Crippen LogP contribution in [0.5, 0.6) is 0 Å². The normalized spacial score (nSPS) is 12.2. The summed E-state index contributed by atoms with van der Waals surface area (Å²) in [5, 5.41) is 11.5. The van der Waals surface area contributed by atoms with Gasteiger partial charge in [-0.05, 0) is 31.0 Å². The van der Waals surface area contributed by atoms with E-state index in [1.165, 1.54) is 19.2 Å². The second-order valence-electron chi connectivity index (χ2n) is 4.34. The van der Waals surface area contributed by atoms with Gasteiger partial charge < -0.3 is 20.9 Å². The summed E-state index contributed by atoms with van der Waals surface area (Å²) in [7, 11) is 1.49. The van der Waals surface area contributed by atoms with Gasteiger partial charge in [-0.2, -0.15) is 0 Å². The van der Waals surface area contributed by atoms with Gasteiger partial charge >= 0.3 is 0 Å². The molecule has 106 valence electrons. The second-order valence-corrected chi connectivity index (χ2v) is 4.34. The first-order chi connectivity index (χ1) is 8.99. The molecule has 1 amide bonds. The van der Waals surface area contributed by atoms with E-state index in [4.69, 9.17) is 15.6 Å². The van der Waals surface area contributed by atoms with Crippen LogP contribution in [0.1, 0.15) is 22.3 Å². The van der Waals surface area contributed by atoms with Crippen LogP contribution < -0.4 is 11.1 Å². The number of nitrogens with two attached hydrogens (primary N) is 1. The summed E-state index contributed by atoms with van der Waals surface area (Å²) in [5.41, 5.74) is 6.15. The molecule has 5 nitrogen and oxygen atoms in total. The smallest absolute Gasteiger partial charge is 0.254 e. The fourth-order valence-electron chi connectivity index (χ4n) is 1.78. The third-order valence-electron chi connectivity index (χ3n) is 2.70. The van der Waals surface area contributed by atoms with Crippen molar-refractivity contribution in [2.75, 3.05) is 26.1 Å². The lowest BCUT2D eigenvalue weighted by Crippen LogP contribution is -2.39. The topological polar surface area (TPSA) is 84.6 Å². The minimum Gasteiger partial charge on any atom is -0.399 e. The van der Waals surface area contributed by atoms with Crippen LogP contribution >= 0.6 is 0 Å². The molecule has 0 aromatic heterocycles. The highest BCUT2D eigenvalue weighted by molar-refractivity contribution is 5.95. The van der Waals surface area contributed by atoms with Gasteiger partial charge in [0.2, 0.25) is 0 Å². The molecule has 1 rings (SSSR count). The lowest BCUT2D eigenvalue weighted by molar-refractivity contribution is 0.0874. The summed E-state index contributed by atoms with van der Waals surface area (Å²) in [4.78, 5) is 12.0. The second kappa shape index (κ2) is 7.06. The number of amides is 1. The third-order valence-corrected chi connectivity index (χ3v) is 2.70. The van der Waals surface area contributed by atoms with Gasteiger partial charge in [0.05, 0.1) is 18.2 Å². The molecular weight excluding hydrogens is 251 g/mol. The summed E-state index contributed by atoms with van der Waals surface area (Å²) in [6.07, 6.45) is 0.336. The van der Waals surface area contributed by atoms with Crippen molar-refractivity contribution in [3.05, 3.63) is 29.1 Å². The number of carbonyl (C=O) groups is 1. The Hall–Kier alpha value is -1.66. The Morgan fingerprint density at radius 1 is 1.58 bits per heavy atom. The zero-order valence-corrected chi connectivity index (χ0v) is 11.1. The monoisotopic (exact) mass is 270 g/mol. The predicted octanol–water partition coefficient (Wildman–Crippen LogP) is 0.844. The molecular formula is C13H19FN2O3. The number of nitrogen functional groups attached to an aromatic ring is 1. The quantitative estimate of drug-likeness (QED) is 0.669. The molecule has 1 aromatic rings. The van der Waals surface area contributed by atoms with Gasteiger partial charge in [0, 0.05) is 19.4 Å². The largest absolute Gasteiger partial charge is 0.399 e. The van der Waals surface area contributed by atoms with Gasteiger partial charge in [-0.25, -0.2) is 4.39 Å². The highest BCUT2D eigenvalue weighted by Crippen LogP contribution is 2.17. The fourth-order valence-corrected chi connectivity index (χ4v) is 1.78. The molecule has 0 saturated heterocycles. The Morgan fingerprint density at radius 2 is 2.26 bits per heavy atom. The Kier molecular flexibility index (Phi) is 5.72. The summed E-state index contributed by atoms with van der Waals surface area (Å²) in [6.45, 7) is 1.70. The summed E-state index contributed by atoms with van der Waals surface area (Å²) < 4.78 is 18.8. The van der Waals surface area contributed by atoms with Gasteiger partial charge in [0.25, 0.3) is 5.91 Å². The zero-order chi connectivity index (χ0) is 14.4. The molecule has 19 heavy (non-hydrogen) atoms. The minimum absolute atomic E-state index is 0.0905. The number of benzene rings is 1. The maximum absolute atomic E-state index is 13.9. The average Bonchev–Trinajstić information content (AvgIpc) is 2.34. The Morgan fingerprint density at radius 3 is 2.84 bits per heavy atom. The summed E-state index contributed by atoms with van der Waals surface area (Å²) in [5.74, 6) is -1.16. The minimum atomic E-state index is -0.591. The number of methoxy groups -OCH3 is 1. The van der Waals surface area contributed by atoms with E-state index in [2.05, 4.69) is 5.32 Å². The van der Waals surface area contributed by atoms with E-state index >= 15 is 0 Å². The SMILES string of the molecule is COCC(CCO)NC(=O)c1cc(N)cc(C)c1F. The Bertz CT molecular complexity index is 446. The highest BCUT2D eigenvalue weighted by atomic mass is 19.1. The van der Waals surface area contributed by atoms with Crippen LogP contribution in [-0.4, -0.2) is 37.4 Å². The lowest BCUT2D eigenvalue weighted by atomic mass is 10.1. The van der Waals surface area contributed by atoms with Crippen molar-refractivity contribution >= 4 is 11.6 Å². The van der Waals surface area contributed by atoms with Gasteiger partial charge in [0.1, 0.15) is 5.82 Å². The van der Waals surface area contributed by atoms with E-state index in [-0.39, 0.29) is 24.8 Å². The number of anilines is 1. The van der Waals surface area contributed by atoms with Gasteiger partial charge in [-0.3, -0.25) is 4.79 Å². The van der Waals surface area contributed by atoms with Crippen LogP contribution in [0.25, 0.3) is 0 Å². The lowest BCUT2D eigenvalue weighted by Gasteiger charge is -2.17. The number of hydrogen-bond acceptors (Lipinski definition) is 4. The van der Waals surface area contributed by atoms with Crippen molar-refractivity contribution in [1.82, 2.24) is 5.32 Å². The molecule has 0 heterocycles. The van der Waals surface area contributed by atoms with Crippen molar-refractivity contribution in [2.45, 2.75) is 19.4 Å². The van der Waals surface area contributed by atoms with E-state index in [9.17, 15) is 9.18 Å². The molecule has 0 bridgehead atoms. The molecule has 1 aromatic carbocycles. The van der Waals surface area contributed by atoms with Crippen LogP contribution in [0.2, 0.25) is 0 Å².